The van der Waals surface area contributed by atoms with Crippen molar-refractivity contribution >= 4 is 27.3 Å². The summed E-state index contributed by atoms with van der Waals surface area (Å²) in [5.74, 6) is -0.621. The molecule has 0 aromatic heterocycles. The molecule has 0 saturated heterocycles. The normalized spacial score (nSPS) is 12.0. The minimum Gasteiger partial charge on any atom is -0.373 e. The molecular formula is C15H14BrFN2O2. The van der Waals surface area contributed by atoms with E-state index in [1.807, 2.05) is 31.2 Å². The smallest absolute Gasteiger partial charge is 0.295 e. The number of rotatable bonds is 5. The second-order valence-electron chi connectivity index (χ2n) is 4.58. The average molecular weight is 353 g/mol. The zero-order valence-corrected chi connectivity index (χ0v) is 12.9. The predicted molar refractivity (Wildman–Crippen MR) is 83.9 cm³/mol. The number of nitro groups is 1. The van der Waals surface area contributed by atoms with E-state index in [0.717, 1.165) is 22.5 Å². The Hall–Kier alpha value is -1.95. The molecule has 4 nitrogen and oxygen atoms in total. The van der Waals surface area contributed by atoms with Gasteiger partial charge in [0.2, 0.25) is 0 Å². The third-order valence-electron chi connectivity index (χ3n) is 3.17. The molecular weight excluding hydrogens is 339 g/mol. The third kappa shape index (κ3) is 3.78. The Balaban J connectivity index is 2.30. The fraction of sp³-hybridized carbons (Fsp3) is 0.200. The van der Waals surface area contributed by atoms with Crippen LogP contribution in [-0.4, -0.2) is 4.92 Å². The van der Waals surface area contributed by atoms with Gasteiger partial charge in [-0.1, -0.05) is 35.0 Å². The van der Waals surface area contributed by atoms with Crippen molar-refractivity contribution in [2.24, 2.45) is 0 Å². The van der Waals surface area contributed by atoms with E-state index >= 15 is 0 Å². The maximum absolute atomic E-state index is 13.2. The number of nitrogens with one attached hydrogen (secondary N) is 1. The lowest BCUT2D eigenvalue weighted by Crippen LogP contribution is -2.11. The number of benzene rings is 2. The summed E-state index contributed by atoms with van der Waals surface area (Å²) < 4.78 is 14.1. The van der Waals surface area contributed by atoms with Crippen LogP contribution in [0.4, 0.5) is 15.8 Å². The molecule has 2 aromatic rings. The van der Waals surface area contributed by atoms with Crippen LogP contribution in [0.2, 0.25) is 0 Å². The van der Waals surface area contributed by atoms with Crippen molar-refractivity contribution in [3.8, 4) is 0 Å². The minimum atomic E-state index is -0.621. The quantitative estimate of drug-likeness (QED) is 0.604. The van der Waals surface area contributed by atoms with Crippen LogP contribution in [0.5, 0.6) is 0 Å². The van der Waals surface area contributed by atoms with Gasteiger partial charge in [-0.05, 0) is 36.2 Å². The minimum absolute atomic E-state index is 0.0812. The van der Waals surface area contributed by atoms with E-state index in [9.17, 15) is 14.5 Å². The van der Waals surface area contributed by atoms with E-state index in [4.69, 9.17) is 0 Å². The molecule has 0 aliphatic rings. The molecule has 1 unspecified atom stereocenters. The molecule has 0 aliphatic heterocycles. The van der Waals surface area contributed by atoms with E-state index in [-0.39, 0.29) is 11.7 Å². The van der Waals surface area contributed by atoms with E-state index < -0.39 is 10.7 Å². The van der Waals surface area contributed by atoms with Crippen molar-refractivity contribution in [2.75, 3.05) is 5.32 Å². The van der Waals surface area contributed by atoms with Crippen molar-refractivity contribution in [3.63, 3.8) is 0 Å². The molecule has 0 fully saturated rings. The predicted octanol–water partition coefficient (Wildman–Crippen LogP) is 5.06. The van der Waals surface area contributed by atoms with Crippen molar-refractivity contribution in [3.05, 3.63) is 68.4 Å². The summed E-state index contributed by atoms with van der Waals surface area (Å²) in [6.45, 7) is 1.98. The van der Waals surface area contributed by atoms with Gasteiger partial charge < -0.3 is 5.32 Å². The fourth-order valence-corrected chi connectivity index (χ4v) is 2.35. The summed E-state index contributed by atoms with van der Waals surface area (Å²) in [4.78, 5) is 10.4. The first-order chi connectivity index (χ1) is 10.0. The highest BCUT2D eigenvalue weighted by molar-refractivity contribution is 9.10. The van der Waals surface area contributed by atoms with Gasteiger partial charge in [-0.15, -0.1) is 0 Å². The van der Waals surface area contributed by atoms with Crippen molar-refractivity contribution in [1.82, 2.24) is 0 Å². The highest BCUT2D eigenvalue weighted by atomic mass is 79.9. The number of hydrogen-bond donors (Lipinski definition) is 1. The molecule has 21 heavy (non-hydrogen) atoms. The standard InChI is InChI=1S/C15H14BrFN2O2/c1-2-13(10-3-5-11(16)6-4-10)18-14-8-7-12(17)9-15(14)19(20)21/h3-9,13,18H,2H2,1H3. The van der Waals surface area contributed by atoms with Crippen molar-refractivity contribution in [1.29, 1.82) is 0 Å². The van der Waals surface area contributed by atoms with E-state index in [0.29, 0.717) is 5.69 Å². The molecule has 2 rings (SSSR count). The lowest BCUT2D eigenvalue weighted by Gasteiger charge is -2.19. The van der Waals surface area contributed by atoms with Crippen LogP contribution < -0.4 is 5.32 Å². The Bertz CT molecular complexity index is 647. The summed E-state index contributed by atoms with van der Waals surface area (Å²) in [6, 6.07) is 11.2. The number of nitro benzene ring substituents is 1. The highest BCUT2D eigenvalue weighted by Crippen LogP contribution is 2.30. The highest BCUT2D eigenvalue weighted by Gasteiger charge is 2.18. The summed E-state index contributed by atoms with van der Waals surface area (Å²) in [5.41, 5.74) is 1.07. The van der Waals surface area contributed by atoms with Crippen LogP contribution in [0, 0.1) is 15.9 Å². The van der Waals surface area contributed by atoms with Crippen molar-refractivity contribution < 1.29 is 9.31 Å². The van der Waals surface area contributed by atoms with Gasteiger partial charge >= 0.3 is 0 Å². The topological polar surface area (TPSA) is 55.2 Å². The molecule has 0 radical (unpaired) electrons. The van der Waals surface area contributed by atoms with Crippen LogP contribution in [0.25, 0.3) is 0 Å². The second kappa shape index (κ2) is 6.67. The summed E-state index contributed by atoms with van der Waals surface area (Å²) in [5, 5.41) is 14.1. The summed E-state index contributed by atoms with van der Waals surface area (Å²) >= 11 is 3.37. The second-order valence-corrected chi connectivity index (χ2v) is 5.49. The van der Waals surface area contributed by atoms with Crippen molar-refractivity contribution in [2.45, 2.75) is 19.4 Å². The molecule has 0 bridgehead atoms. The fourth-order valence-electron chi connectivity index (χ4n) is 2.08. The lowest BCUT2D eigenvalue weighted by molar-refractivity contribution is -0.384. The maximum atomic E-state index is 13.2. The number of anilines is 1. The van der Waals surface area contributed by atoms with Crippen LogP contribution >= 0.6 is 15.9 Å². The first kappa shape index (κ1) is 15.4. The molecule has 110 valence electrons. The van der Waals surface area contributed by atoms with E-state index in [1.54, 1.807) is 0 Å². The zero-order valence-electron chi connectivity index (χ0n) is 11.3. The monoisotopic (exact) mass is 352 g/mol. The maximum Gasteiger partial charge on any atom is 0.295 e. The van der Waals surface area contributed by atoms with Gasteiger partial charge in [0.05, 0.1) is 17.0 Å². The van der Waals surface area contributed by atoms with Gasteiger partial charge in [0.25, 0.3) is 5.69 Å². The molecule has 0 amide bonds. The molecule has 6 heteroatoms. The van der Waals surface area contributed by atoms with Gasteiger partial charge in [-0.3, -0.25) is 10.1 Å². The van der Waals surface area contributed by atoms with Crippen LogP contribution in [-0.2, 0) is 0 Å². The Labute approximate surface area is 130 Å². The number of nitrogens with zero attached hydrogens (tertiary/aromatic N) is 1. The summed E-state index contributed by atoms with van der Waals surface area (Å²) in [6.07, 6.45) is 0.746. The Kier molecular flexibility index (Phi) is 4.90. The lowest BCUT2D eigenvalue weighted by atomic mass is 10.0. The molecule has 0 heterocycles. The van der Waals surface area contributed by atoms with Crippen LogP contribution in [0.15, 0.2) is 46.9 Å². The average Bonchev–Trinajstić information content (AvgIpc) is 2.47. The largest absolute Gasteiger partial charge is 0.373 e. The van der Waals surface area contributed by atoms with E-state index in [2.05, 4.69) is 21.2 Å². The molecule has 0 aliphatic carbocycles. The molecule has 0 saturated carbocycles. The molecule has 1 N–H and O–H groups in total. The van der Waals surface area contributed by atoms with Gasteiger partial charge in [0, 0.05) is 4.47 Å². The Morgan fingerprint density at radius 1 is 1.29 bits per heavy atom. The van der Waals surface area contributed by atoms with Crippen LogP contribution in [0.1, 0.15) is 24.9 Å². The van der Waals surface area contributed by atoms with Gasteiger partial charge in [-0.2, -0.15) is 0 Å². The molecule has 1 atom stereocenters. The number of hydrogen-bond acceptors (Lipinski definition) is 3. The van der Waals surface area contributed by atoms with Gasteiger partial charge in [0.1, 0.15) is 11.5 Å². The Morgan fingerprint density at radius 3 is 2.52 bits per heavy atom. The van der Waals surface area contributed by atoms with Gasteiger partial charge in [0.15, 0.2) is 0 Å². The van der Waals surface area contributed by atoms with E-state index in [1.165, 1.54) is 12.1 Å². The third-order valence-corrected chi connectivity index (χ3v) is 3.70. The first-order valence-electron chi connectivity index (χ1n) is 6.47. The van der Waals surface area contributed by atoms with Crippen LogP contribution in [0.3, 0.4) is 0 Å². The molecule has 2 aromatic carbocycles. The summed E-state index contributed by atoms with van der Waals surface area (Å²) in [7, 11) is 0. The number of halogens is 2. The van der Waals surface area contributed by atoms with Gasteiger partial charge in [-0.25, -0.2) is 4.39 Å². The SMILES string of the molecule is CCC(Nc1ccc(F)cc1[N+](=O)[O-])c1ccc(Br)cc1. The Morgan fingerprint density at radius 2 is 1.95 bits per heavy atom. The molecule has 0 spiro atoms. The first-order valence-corrected chi connectivity index (χ1v) is 7.26. The zero-order chi connectivity index (χ0) is 15.4.